The van der Waals surface area contributed by atoms with Crippen molar-refractivity contribution < 1.29 is 9.13 Å². The topological polar surface area (TPSA) is 34.2 Å². The molecule has 112 valence electrons. The Labute approximate surface area is 125 Å². The molecule has 21 heavy (non-hydrogen) atoms. The molecule has 2 aromatic rings. The zero-order valence-electron chi connectivity index (χ0n) is 12.7. The van der Waals surface area contributed by atoms with E-state index in [1.54, 1.807) is 18.3 Å². The Bertz CT molecular complexity index is 599. The number of aromatic nitrogens is 1. The summed E-state index contributed by atoms with van der Waals surface area (Å²) < 4.78 is 18.9. The van der Waals surface area contributed by atoms with Gasteiger partial charge in [0.25, 0.3) is 0 Å². The molecule has 0 aliphatic rings. The number of halogens is 1. The summed E-state index contributed by atoms with van der Waals surface area (Å²) in [6.45, 7) is 7.17. The fourth-order valence-electron chi connectivity index (χ4n) is 2.05. The van der Waals surface area contributed by atoms with Crippen LogP contribution in [0.15, 0.2) is 36.5 Å². The minimum absolute atomic E-state index is 0.0871. The first-order valence-corrected chi connectivity index (χ1v) is 7.12. The third-order valence-electron chi connectivity index (χ3n) is 3.14. The first-order valence-electron chi connectivity index (χ1n) is 7.12. The van der Waals surface area contributed by atoms with Crippen LogP contribution in [0.2, 0.25) is 0 Å². The summed E-state index contributed by atoms with van der Waals surface area (Å²) in [5, 5.41) is 3.31. The smallest absolute Gasteiger partial charge is 0.218 e. The lowest BCUT2D eigenvalue weighted by Gasteiger charge is -2.13. The SMILES string of the molecule is Cc1ccc(F)cc1CNCc1cccnc1OC(C)C. The van der Waals surface area contributed by atoms with Crippen molar-refractivity contribution in [3.05, 3.63) is 59.0 Å². The molecule has 3 nitrogen and oxygen atoms in total. The molecule has 1 N–H and O–H groups in total. The Hall–Kier alpha value is -1.94. The second kappa shape index (κ2) is 7.18. The van der Waals surface area contributed by atoms with Gasteiger partial charge in [0.05, 0.1) is 6.10 Å². The van der Waals surface area contributed by atoms with Crippen molar-refractivity contribution in [2.75, 3.05) is 0 Å². The quantitative estimate of drug-likeness (QED) is 0.881. The van der Waals surface area contributed by atoms with Gasteiger partial charge in [0, 0.05) is 24.8 Å². The number of rotatable bonds is 6. The van der Waals surface area contributed by atoms with Crippen LogP contribution in [0.1, 0.15) is 30.5 Å². The van der Waals surface area contributed by atoms with Crippen molar-refractivity contribution in [3.8, 4) is 5.88 Å². The summed E-state index contributed by atoms with van der Waals surface area (Å²) >= 11 is 0. The van der Waals surface area contributed by atoms with Crippen LogP contribution in [0.3, 0.4) is 0 Å². The first kappa shape index (κ1) is 15.4. The van der Waals surface area contributed by atoms with Crippen LogP contribution < -0.4 is 10.1 Å². The van der Waals surface area contributed by atoms with Crippen molar-refractivity contribution in [1.29, 1.82) is 0 Å². The van der Waals surface area contributed by atoms with Gasteiger partial charge in [-0.15, -0.1) is 0 Å². The van der Waals surface area contributed by atoms with E-state index in [1.807, 2.05) is 32.9 Å². The van der Waals surface area contributed by atoms with Crippen LogP contribution in [0.25, 0.3) is 0 Å². The number of nitrogens with zero attached hydrogens (tertiary/aromatic N) is 1. The molecule has 1 heterocycles. The van der Waals surface area contributed by atoms with E-state index in [4.69, 9.17) is 4.74 Å². The van der Waals surface area contributed by atoms with E-state index in [2.05, 4.69) is 10.3 Å². The lowest BCUT2D eigenvalue weighted by molar-refractivity contribution is 0.229. The molecule has 4 heteroatoms. The molecule has 2 rings (SSSR count). The van der Waals surface area contributed by atoms with Gasteiger partial charge >= 0.3 is 0 Å². The van der Waals surface area contributed by atoms with E-state index in [-0.39, 0.29) is 11.9 Å². The van der Waals surface area contributed by atoms with E-state index >= 15 is 0 Å². The van der Waals surface area contributed by atoms with Crippen molar-refractivity contribution in [2.45, 2.75) is 40.0 Å². The molecule has 0 spiro atoms. The number of hydrogen-bond donors (Lipinski definition) is 1. The Morgan fingerprint density at radius 1 is 1.19 bits per heavy atom. The molecule has 0 fully saturated rings. The maximum absolute atomic E-state index is 13.2. The molecule has 0 aliphatic heterocycles. The highest BCUT2D eigenvalue weighted by Crippen LogP contribution is 2.16. The van der Waals surface area contributed by atoms with E-state index in [9.17, 15) is 4.39 Å². The molecule has 0 radical (unpaired) electrons. The fraction of sp³-hybridized carbons (Fsp3) is 0.353. The molecule has 0 bridgehead atoms. The second-order valence-electron chi connectivity index (χ2n) is 5.31. The summed E-state index contributed by atoms with van der Waals surface area (Å²) in [7, 11) is 0. The normalized spacial score (nSPS) is 10.9. The van der Waals surface area contributed by atoms with Crippen LogP contribution in [0, 0.1) is 12.7 Å². The molecule has 0 amide bonds. The van der Waals surface area contributed by atoms with Gasteiger partial charge in [-0.3, -0.25) is 0 Å². The van der Waals surface area contributed by atoms with E-state index in [1.165, 1.54) is 6.07 Å². The summed E-state index contributed by atoms with van der Waals surface area (Å²) in [5.41, 5.74) is 3.04. The molecule has 0 saturated heterocycles. The fourth-order valence-corrected chi connectivity index (χ4v) is 2.05. The Kier molecular flexibility index (Phi) is 5.28. The van der Waals surface area contributed by atoms with Crippen LogP contribution in [0.4, 0.5) is 4.39 Å². The third-order valence-corrected chi connectivity index (χ3v) is 3.14. The molecule has 0 saturated carbocycles. The summed E-state index contributed by atoms with van der Waals surface area (Å²) in [6, 6.07) is 8.71. The van der Waals surface area contributed by atoms with Crippen LogP contribution in [-0.2, 0) is 13.1 Å². The minimum Gasteiger partial charge on any atom is -0.475 e. The number of pyridine rings is 1. The van der Waals surface area contributed by atoms with Crippen molar-refractivity contribution in [1.82, 2.24) is 10.3 Å². The number of ether oxygens (including phenoxy) is 1. The van der Waals surface area contributed by atoms with Gasteiger partial charge in [0.15, 0.2) is 0 Å². The van der Waals surface area contributed by atoms with Gasteiger partial charge in [-0.2, -0.15) is 0 Å². The molecular formula is C17H21FN2O. The maximum atomic E-state index is 13.2. The first-order chi connectivity index (χ1) is 10.1. The summed E-state index contributed by atoms with van der Waals surface area (Å²) in [6.07, 6.45) is 1.81. The monoisotopic (exact) mass is 288 g/mol. The number of nitrogens with one attached hydrogen (secondary N) is 1. The number of hydrogen-bond acceptors (Lipinski definition) is 3. The zero-order valence-corrected chi connectivity index (χ0v) is 12.7. The highest BCUT2D eigenvalue weighted by atomic mass is 19.1. The highest BCUT2D eigenvalue weighted by Gasteiger charge is 2.07. The van der Waals surface area contributed by atoms with E-state index in [0.717, 1.165) is 16.7 Å². The van der Waals surface area contributed by atoms with E-state index < -0.39 is 0 Å². The lowest BCUT2D eigenvalue weighted by atomic mass is 10.1. The number of benzene rings is 1. The average molecular weight is 288 g/mol. The van der Waals surface area contributed by atoms with Gasteiger partial charge in [0.2, 0.25) is 5.88 Å². The average Bonchev–Trinajstić information content (AvgIpc) is 2.44. The van der Waals surface area contributed by atoms with Crippen molar-refractivity contribution in [3.63, 3.8) is 0 Å². The van der Waals surface area contributed by atoms with Crippen LogP contribution >= 0.6 is 0 Å². The lowest BCUT2D eigenvalue weighted by Crippen LogP contribution is -2.16. The molecule has 0 unspecified atom stereocenters. The van der Waals surface area contributed by atoms with Gasteiger partial charge in [-0.1, -0.05) is 12.1 Å². The third kappa shape index (κ3) is 4.53. The standard InChI is InChI=1S/C17H21FN2O/c1-12(2)21-17-14(5-4-8-20-17)10-19-11-15-9-16(18)7-6-13(15)3/h4-9,12,19H,10-11H2,1-3H3. The Morgan fingerprint density at radius 2 is 1.95 bits per heavy atom. The second-order valence-corrected chi connectivity index (χ2v) is 5.31. The molecule has 0 atom stereocenters. The Morgan fingerprint density at radius 3 is 2.71 bits per heavy atom. The molecular weight excluding hydrogens is 267 g/mol. The predicted octanol–water partition coefficient (Wildman–Crippen LogP) is 3.61. The zero-order chi connectivity index (χ0) is 15.2. The van der Waals surface area contributed by atoms with Gasteiger partial charge < -0.3 is 10.1 Å². The predicted molar refractivity (Wildman–Crippen MR) is 81.7 cm³/mol. The molecule has 1 aromatic heterocycles. The van der Waals surface area contributed by atoms with Gasteiger partial charge in [0.1, 0.15) is 5.82 Å². The van der Waals surface area contributed by atoms with Crippen molar-refractivity contribution in [2.24, 2.45) is 0 Å². The summed E-state index contributed by atoms with van der Waals surface area (Å²) in [5.74, 6) is 0.443. The molecule has 0 aliphatic carbocycles. The maximum Gasteiger partial charge on any atom is 0.218 e. The van der Waals surface area contributed by atoms with Crippen LogP contribution in [-0.4, -0.2) is 11.1 Å². The highest BCUT2D eigenvalue weighted by molar-refractivity contribution is 5.28. The van der Waals surface area contributed by atoms with E-state index in [0.29, 0.717) is 19.0 Å². The summed E-state index contributed by atoms with van der Waals surface area (Å²) in [4.78, 5) is 4.25. The van der Waals surface area contributed by atoms with Gasteiger partial charge in [-0.25, -0.2) is 9.37 Å². The Balaban J connectivity index is 1.99. The van der Waals surface area contributed by atoms with Crippen LogP contribution in [0.5, 0.6) is 5.88 Å². The molecule has 1 aromatic carbocycles. The number of aryl methyl sites for hydroxylation is 1. The van der Waals surface area contributed by atoms with Crippen molar-refractivity contribution >= 4 is 0 Å². The largest absolute Gasteiger partial charge is 0.475 e. The van der Waals surface area contributed by atoms with Gasteiger partial charge in [-0.05, 0) is 50.1 Å². The minimum atomic E-state index is -0.206.